The van der Waals surface area contributed by atoms with Crippen LogP contribution in [0.2, 0.25) is 0 Å². The van der Waals surface area contributed by atoms with Crippen LogP contribution in [0.1, 0.15) is 62.6 Å². The van der Waals surface area contributed by atoms with Crippen molar-refractivity contribution in [2.24, 2.45) is 0 Å². The maximum absolute atomic E-state index is 14.2. The van der Waals surface area contributed by atoms with Gasteiger partial charge < -0.3 is 19.5 Å². The van der Waals surface area contributed by atoms with Crippen LogP contribution in [0.3, 0.4) is 0 Å². The van der Waals surface area contributed by atoms with Crippen LogP contribution in [0.15, 0.2) is 60.9 Å². The third kappa shape index (κ3) is 8.13. The Labute approximate surface area is 390 Å². The Bertz CT molecular complexity index is 2260. The number of anilines is 4. The standard InChI is InChI=1S/C20H17FN4OS.C19H14FIN4OS.CH4.2HI.V/c1-12-5-6-14(10-16(12)21)25-19(27)24(18(26)20(25)7-4-8-20)15-9-13(2)17(22-3)23-11-15;1-11-8-13(10-23-16(11)22-2)24-17(26)19(6-3-7-19)25(18(24)27)12-4-5-15(21)14(20)9-12;;;;/h5-6,9-11H,4,7-8H2,1-2H3;4-5,8-10H,3,6-7H2,1H3;1H4;2*1H;/q;;;;;+2/p-2. The van der Waals surface area contributed by atoms with Crippen molar-refractivity contribution in [2.75, 3.05) is 19.6 Å². The Morgan fingerprint density at radius 1 is 0.690 bits per heavy atom. The van der Waals surface area contributed by atoms with E-state index in [0.29, 0.717) is 100 Å². The molecule has 18 heteroatoms. The number of nitrogens with zero attached hydrogens (tertiary/aromatic N) is 8. The van der Waals surface area contributed by atoms with E-state index in [-0.39, 0.29) is 30.9 Å². The van der Waals surface area contributed by atoms with Crippen LogP contribution >= 0.6 is 87.0 Å². The summed E-state index contributed by atoms with van der Waals surface area (Å²) in [6.07, 6.45) is 7.51. The molecule has 4 fully saturated rings. The molecular weight excluding hydrogens is 1160 g/mol. The maximum atomic E-state index is 14.2. The van der Waals surface area contributed by atoms with Crippen LogP contribution in [0.5, 0.6) is 0 Å². The number of benzene rings is 2. The van der Waals surface area contributed by atoms with Crippen molar-refractivity contribution in [3.8, 4) is 0 Å². The average Bonchev–Trinajstić information content (AvgIpc) is 3.53. The molecule has 0 unspecified atom stereocenters. The monoisotopic (exact) mass is 1190 g/mol. The molecule has 2 spiro atoms. The summed E-state index contributed by atoms with van der Waals surface area (Å²) in [5.41, 5.74) is 2.63. The van der Waals surface area contributed by atoms with Gasteiger partial charge in [-0.3, -0.25) is 19.4 Å². The van der Waals surface area contributed by atoms with Crippen molar-refractivity contribution in [2.45, 2.75) is 77.8 Å². The van der Waals surface area contributed by atoms with Crippen LogP contribution in [0.4, 0.5) is 43.2 Å². The van der Waals surface area contributed by atoms with Crippen molar-refractivity contribution in [1.82, 2.24) is 9.97 Å². The van der Waals surface area contributed by atoms with Gasteiger partial charge in [0.25, 0.3) is 23.5 Å². The van der Waals surface area contributed by atoms with Crippen molar-refractivity contribution in [3.05, 3.63) is 116 Å². The second kappa shape index (κ2) is 18.8. The summed E-state index contributed by atoms with van der Waals surface area (Å²) in [6, 6.07) is 13.3. The third-order valence-electron chi connectivity index (χ3n) is 10.6. The molecule has 0 bridgehead atoms. The normalized spacial score (nSPS) is 17.0. The molecule has 2 aromatic heterocycles. The number of aromatic nitrogens is 2. The molecule has 4 aromatic rings. The fraction of sp³-hybridized carbons (Fsp3) is 0.300. The van der Waals surface area contributed by atoms with Gasteiger partial charge in [-0.15, -0.1) is 9.97 Å². The zero-order valence-electron chi connectivity index (χ0n) is 30.6. The van der Waals surface area contributed by atoms with Gasteiger partial charge in [0.2, 0.25) is 0 Å². The minimum atomic E-state index is -0.761. The first-order valence-electron chi connectivity index (χ1n) is 17.4. The molecule has 10 nitrogen and oxygen atoms in total. The van der Waals surface area contributed by atoms with E-state index < -0.39 is 11.1 Å². The van der Waals surface area contributed by atoms with Gasteiger partial charge in [-0.05, 0) is 165 Å². The molecule has 2 aliphatic carbocycles. The van der Waals surface area contributed by atoms with Crippen LogP contribution in [-0.4, -0.2) is 43.1 Å². The van der Waals surface area contributed by atoms with Crippen LogP contribution in [0, 0.1) is 49.1 Å². The van der Waals surface area contributed by atoms with Crippen molar-refractivity contribution in [3.63, 3.8) is 0 Å². The van der Waals surface area contributed by atoms with Gasteiger partial charge in [-0.2, -0.15) is 0 Å². The van der Waals surface area contributed by atoms with Crippen LogP contribution in [-0.2, 0) is 19.1 Å². The van der Waals surface area contributed by atoms with Crippen LogP contribution < -0.4 is 19.6 Å². The van der Waals surface area contributed by atoms with E-state index in [4.69, 9.17) is 37.6 Å². The number of carbonyl (C=O) groups is 2. The Morgan fingerprint density at radius 2 is 1.09 bits per heavy atom. The van der Waals surface area contributed by atoms with Gasteiger partial charge in [0.1, 0.15) is 35.1 Å². The first-order valence-corrected chi connectivity index (χ1v) is 28.3. The van der Waals surface area contributed by atoms with E-state index in [9.17, 15) is 18.4 Å². The summed E-state index contributed by atoms with van der Waals surface area (Å²) >= 11 is 18.0. The number of hydrogen-bond donors (Lipinski definition) is 0. The van der Waals surface area contributed by atoms with Crippen molar-refractivity contribution < 1.29 is 27.8 Å². The number of rotatable bonds is 4. The summed E-state index contributed by atoms with van der Waals surface area (Å²) in [6.45, 7) is 19.5. The topological polar surface area (TPSA) is 81.6 Å². The molecule has 2 saturated carbocycles. The Morgan fingerprint density at radius 3 is 1.41 bits per heavy atom. The molecule has 8 rings (SSSR count). The van der Waals surface area contributed by atoms with Gasteiger partial charge in [0.05, 0.1) is 11.4 Å². The number of pyridine rings is 2. The van der Waals surface area contributed by atoms with E-state index in [1.54, 1.807) is 67.0 Å². The number of carbonyl (C=O) groups excluding carboxylic acids is 2. The molecule has 0 N–H and O–H groups in total. The van der Waals surface area contributed by atoms with Crippen molar-refractivity contribution in [1.29, 1.82) is 0 Å². The molecule has 2 aromatic carbocycles. The molecule has 299 valence electrons. The number of amides is 2. The van der Waals surface area contributed by atoms with Gasteiger partial charge in [0.15, 0.2) is 10.2 Å². The number of aryl methyl sites for hydroxylation is 3. The zero-order valence-corrected chi connectivity index (χ0v) is 40.1. The molecule has 0 radical (unpaired) electrons. The molecule has 0 atom stereocenters. The minimum absolute atomic E-state index is 0. The molecule has 2 aliphatic heterocycles. The first kappa shape index (κ1) is 46.1. The van der Waals surface area contributed by atoms with Crippen molar-refractivity contribution >= 4 is 143 Å². The fourth-order valence-electron chi connectivity index (χ4n) is 7.35. The van der Waals surface area contributed by atoms with Gasteiger partial charge in [0, 0.05) is 14.9 Å². The average molecular weight is 1190 g/mol. The Kier molecular flexibility index (Phi) is 14.9. The summed E-state index contributed by atoms with van der Waals surface area (Å²) in [7, 11) is 0.628. The molecule has 58 heavy (non-hydrogen) atoms. The van der Waals surface area contributed by atoms with Gasteiger partial charge in [-0.1, -0.05) is 26.6 Å². The first-order chi connectivity index (χ1) is 27.2. The Hall–Kier alpha value is -2.93. The molecular formula is C40H35F2I3N8O2S2V. The number of hydrogen-bond acceptors (Lipinski definition) is 6. The Balaban J connectivity index is 0.000000204. The fourth-order valence-corrected chi connectivity index (χ4v) is 8.62. The van der Waals surface area contributed by atoms with E-state index in [2.05, 4.69) is 59.6 Å². The van der Waals surface area contributed by atoms with E-state index in [1.165, 1.54) is 34.3 Å². The zero-order chi connectivity index (χ0) is 41.4. The molecule has 4 heterocycles. The summed E-state index contributed by atoms with van der Waals surface area (Å²) in [4.78, 5) is 48.2. The van der Waals surface area contributed by atoms with Crippen LogP contribution in [0.25, 0.3) is 9.69 Å². The second-order valence-corrected chi connectivity index (χ2v) is 27.5. The summed E-state index contributed by atoms with van der Waals surface area (Å²) in [5, 5.41) is 0.636. The second-order valence-electron chi connectivity index (χ2n) is 13.8. The predicted octanol–water partition coefficient (Wildman–Crippen LogP) is 11.6. The van der Waals surface area contributed by atoms with E-state index in [0.717, 1.165) is 12.8 Å². The van der Waals surface area contributed by atoms with Gasteiger partial charge >= 0.3 is 49.4 Å². The summed E-state index contributed by atoms with van der Waals surface area (Å²) < 4.78 is 28.9. The molecule has 4 aliphatic rings. The number of thiocarbonyl (C=S) groups is 2. The number of halogens is 5. The molecule has 2 saturated heterocycles. The van der Waals surface area contributed by atoms with E-state index >= 15 is 0 Å². The quantitative estimate of drug-likeness (QED) is 0.114. The van der Waals surface area contributed by atoms with Gasteiger partial charge in [-0.25, -0.2) is 8.78 Å². The van der Waals surface area contributed by atoms with E-state index in [1.807, 2.05) is 22.6 Å². The molecule has 2 amide bonds. The third-order valence-corrected chi connectivity index (χ3v) is 12.2. The summed E-state index contributed by atoms with van der Waals surface area (Å²) in [5.74, 6) is -0.297. The SMILES string of the molecule is C.[C-]#[N+]c1ncc(N2C(=O)C3(CCC3)N(c3ccc(C)c(F)c3)C2=S)cc1C.[C-]#[N+]c1ncc(N2C(=O)C3(CCC3)N(c3ccc(I)c(F)c3)C2=S)cc1C.[I][V][I]. The predicted molar refractivity (Wildman–Crippen MR) is 254 cm³/mol.